The lowest BCUT2D eigenvalue weighted by atomic mass is 10.1. The molecule has 2 rings (SSSR count). The highest BCUT2D eigenvalue weighted by Crippen LogP contribution is 2.23. The third-order valence-corrected chi connectivity index (χ3v) is 3.68. The first kappa shape index (κ1) is 15.5. The number of hydrogen-bond donors (Lipinski definition) is 2. The van der Waals surface area contributed by atoms with Crippen molar-refractivity contribution in [3.63, 3.8) is 0 Å². The van der Waals surface area contributed by atoms with Gasteiger partial charge in [0.2, 0.25) is 5.91 Å². The molecule has 112 valence electrons. The molecule has 0 aliphatic heterocycles. The SMILES string of the molecule is CNC(C(=O)NC(C)c1ccccc1Cl)c1cnn(C)c1. The zero-order chi connectivity index (χ0) is 15.4. The number of carbonyl (C=O) groups excluding carboxylic acids is 1. The second-order valence-corrected chi connectivity index (χ2v) is 5.33. The molecule has 0 radical (unpaired) electrons. The lowest BCUT2D eigenvalue weighted by molar-refractivity contribution is -0.123. The Morgan fingerprint density at radius 2 is 2.10 bits per heavy atom. The van der Waals surface area contributed by atoms with Gasteiger partial charge in [0.15, 0.2) is 0 Å². The Bertz CT molecular complexity index is 626. The smallest absolute Gasteiger partial charge is 0.242 e. The van der Waals surface area contributed by atoms with E-state index in [4.69, 9.17) is 11.6 Å². The summed E-state index contributed by atoms with van der Waals surface area (Å²) in [5.74, 6) is -0.113. The van der Waals surface area contributed by atoms with Crippen molar-refractivity contribution in [2.75, 3.05) is 7.05 Å². The topological polar surface area (TPSA) is 59.0 Å². The molecule has 1 amide bonds. The fourth-order valence-corrected chi connectivity index (χ4v) is 2.54. The van der Waals surface area contributed by atoms with Gasteiger partial charge < -0.3 is 10.6 Å². The predicted molar refractivity (Wildman–Crippen MR) is 83.0 cm³/mol. The molecule has 5 nitrogen and oxygen atoms in total. The molecule has 0 bridgehead atoms. The minimum Gasteiger partial charge on any atom is -0.348 e. The minimum atomic E-state index is -0.441. The van der Waals surface area contributed by atoms with Crippen LogP contribution in [0.15, 0.2) is 36.7 Å². The third kappa shape index (κ3) is 3.62. The molecule has 0 fully saturated rings. The van der Waals surface area contributed by atoms with Gasteiger partial charge in [-0.2, -0.15) is 5.10 Å². The average molecular weight is 307 g/mol. The van der Waals surface area contributed by atoms with E-state index in [1.807, 2.05) is 44.4 Å². The molecule has 21 heavy (non-hydrogen) atoms. The summed E-state index contributed by atoms with van der Waals surface area (Å²) in [7, 11) is 3.57. The van der Waals surface area contributed by atoms with Crippen molar-refractivity contribution in [2.24, 2.45) is 7.05 Å². The van der Waals surface area contributed by atoms with Crippen molar-refractivity contribution in [1.29, 1.82) is 0 Å². The van der Waals surface area contributed by atoms with Gasteiger partial charge in [-0.25, -0.2) is 0 Å². The van der Waals surface area contributed by atoms with Crippen molar-refractivity contribution < 1.29 is 4.79 Å². The van der Waals surface area contributed by atoms with Crippen LogP contribution in [0.4, 0.5) is 0 Å². The van der Waals surface area contributed by atoms with Gasteiger partial charge in [0.1, 0.15) is 6.04 Å². The van der Waals surface area contributed by atoms with Crippen molar-refractivity contribution in [3.8, 4) is 0 Å². The molecule has 2 N–H and O–H groups in total. The maximum Gasteiger partial charge on any atom is 0.242 e. The molecule has 0 saturated carbocycles. The number of amides is 1. The summed E-state index contributed by atoms with van der Waals surface area (Å²) >= 11 is 6.16. The Hall–Kier alpha value is -1.85. The fourth-order valence-electron chi connectivity index (χ4n) is 2.24. The molecule has 1 heterocycles. The number of carbonyl (C=O) groups is 1. The molecule has 1 aromatic heterocycles. The van der Waals surface area contributed by atoms with Crippen LogP contribution in [0.1, 0.15) is 30.1 Å². The summed E-state index contributed by atoms with van der Waals surface area (Å²) in [6.07, 6.45) is 3.50. The second-order valence-electron chi connectivity index (χ2n) is 4.92. The highest BCUT2D eigenvalue weighted by atomic mass is 35.5. The molecule has 2 unspecified atom stereocenters. The van der Waals surface area contributed by atoms with Gasteiger partial charge in [-0.15, -0.1) is 0 Å². The maximum atomic E-state index is 12.4. The van der Waals surface area contributed by atoms with Crippen molar-refractivity contribution in [3.05, 3.63) is 52.8 Å². The molecular weight excluding hydrogens is 288 g/mol. The van der Waals surface area contributed by atoms with Crippen LogP contribution in [-0.4, -0.2) is 22.7 Å². The van der Waals surface area contributed by atoms with Crippen LogP contribution in [0.2, 0.25) is 5.02 Å². The molecule has 1 aromatic carbocycles. The number of aromatic nitrogens is 2. The normalized spacial score (nSPS) is 13.7. The number of nitrogens with zero attached hydrogens (tertiary/aromatic N) is 2. The van der Waals surface area contributed by atoms with Crippen LogP contribution in [-0.2, 0) is 11.8 Å². The van der Waals surface area contributed by atoms with Gasteiger partial charge in [0.25, 0.3) is 0 Å². The average Bonchev–Trinajstić information content (AvgIpc) is 2.86. The molecule has 0 spiro atoms. The first-order chi connectivity index (χ1) is 10.0. The molecule has 0 saturated heterocycles. The molecule has 2 aromatic rings. The zero-order valence-corrected chi connectivity index (χ0v) is 13.1. The van der Waals surface area contributed by atoms with Crippen molar-refractivity contribution in [2.45, 2.75) is 19.0 Å². The predicted octanol–water partition coefficient (Wildman–Crippen LogP) is 2.21. The van der Waals surface area contributed by atoms with Gasteiger partial charge in [-0.3, -0.25) is 9.48 Å². The molecule has 0 aliphatic rings. The van der Waals surface area contributed by atoms with Gasteiger partial charge in [0, 0.05) is 23.8 Å². The van der Waals surface area contributed by atoms with Gasteiger partial charge in [0.05, 0.1) is 12.2 Å². The monoisotopic (exact) mass is 306 g/mol. The molecule has 0 aliphatic carbocycles. The fraction of sp³-hybridized carbons (Fsp3) is 0.333. The van der Waals surface area contributed by atoms with E-state index in [1.54, 1.807) is 17.9 Å². The van der Waals surface area contributed by atoms with E-state index in [1.165, 1.54) is 0 Å². The van der Waals surface area contributed by atoms with Crippen molar-refractivity contribution >= 4 is 17.5 Å². The first-order valence-electron chi connectivity index (χ1n) is 6.73. The Kier molecular flexibility index (Phi) is 4.98. The number of hydrogen-bond acceptors (Lipinski definition) is 3. The Balaban J connectivity index is 2.11. The van der Waals surface area contributed by atoms with Gasteiger partial charge in [-0.05, 0) is 25.6 Å². The summed E-state index contributed by atoms with van der Waals surface area (Å²) < 4.78 is 1.67. The lowest BCUT2D eigenvalue weighted by Gasteiger charge is -2.20. The van der Waals surface area contributed by atoms with Crippen LogP contribution >= 0.6 is 11.6 Å². The van der Waals surface area contributed by atoms with E-state index >= 15 is 0 Å². The number of benzene rings is 1. The lowest BCUT2D eigenvalue weighted by Crippen LogP contribution is -2.37. The third-order valence-electron chi connectivity index (χ3n) is 3.34. The van der Waals surface area contributed by atoms with E-state index in [2.05, 4.69) is 15.7 Å². The standard InChI is InChI=1S/C15H19ClN4O/c1-10(12-6-4-5-7-13(12)16)19-15(21)14(17-2)11-8-18-20(3)9-11/h4-10,14,17H,1-3H3,(H,19,21). The Morgan fingerprint density at radius 3 is 2.67 bits per heavy atom. The largest absolute Gasteiger partial charge is 0.348 e. The van der Waals surface area contributed by atoms with Crippen LogP contribution in [0.25, 0.3) is 0 Å². The zero-order valence-electron chi connectivity index (χ0n) is 12.3. The number of nitrogens with one attached hydrogen (secondary N) is 2. The van der Waals surface area contributed by atoms with Crippen molar-refractivity contribution in [1.82, 2.24) is 20.4 Å². The van der Waals surface area contributed by atoms with E-state index in [-0.39, 0.29) is 11.9 Å². The Labute approximate surface area is 129 Å². The summed E-state index contributed by atoms with van der Waals surface area (Å²) in [6.45, 7) is 1.91. The van der Waals surface area contributed by atoms with E-state index in [9.17, 15) is 4.79 Å². The number of aryl methyl sites for hydroxylation is 1. The molecule has 6 heteroatoms. The quantitative estimate of drug-likeness (QED) is 0.890. The van der Waals surface area contributed by atoms with E-state index in [0.717, 1.165) is 11.1 Å². The summed E-state index contributed by atoms with van der Waals surface area (Å²) in [6, 6.07) is 6.89. The van der Waals surface area contributed by atoms with Gasteiger partial charge >= 0.3 is 0 Å². The minimum absolute atomic E-state index is 0.113. The molecule has 2 atom stereocenters. The van der Waals surface area contributed by atoms with Crippen LogP contribution in [0.3, 0.4) is 0 Å². The van der Waals surface area contributed by atoms with Crippen LogP contribution in [0, 0.1) is 0 Å². The number of likely N-dealkylation sites (N-methyl/N-ethyl adjacent to an activating group) is 1. The maximum absolute atomic E-state index is 12.4. The number of halogens is 1. The summed E-state index contributed by atoms with van der Waals surface area (Å²) in [5.41, 5.74) is 1.72. The number of rotatable bonds is 5. The highest BCUT2D eigenvalue weighted by molar-refractivity contribution is 6.31. The summed E-state index contributed by atoms with van der Waals surface area (Å²) in [5, 5.41) is 10.7. The van der Waals surface area contributed by atoms with Crippen LogP contribution < -0.4 is 10.6 Å². The highest BCUT2D eigenvalue weighted by Gasteiger charge is 2.22. The molecular formula is C15H19ClN4O. The Morgan fingerprint density at radius 1 is 1.38 bits per heavy atom. The summed E-state index contributed by atoms with van der Waals surface area (Å²) in [4.78, 5) is 12.4. The van der Waals surface area contributed by atoms with Crippen LogP contribution in [0.5, 0.6) is 0 Å². The van der Waals surface area contributed by atoms with Gasteiger partial charge in [-0.1, -0.05) is 29.8 Å². The van der Waals surface area contributed by atoms with E-state index in [0.29, 0.717) is 5.02 Å². The second kappa shape index (κ2) is 6.74. The first-order valence-corrected chi connectivity index (χ1v) is 7.11. The van der Waals surface area contributed by atoms with E-state index < -0.39 is 6.04 Å².